The second-order valence-electron chi connectivity index (χ2n) is 6.08. The number of nitrogens with zero attached hydrogens (tertiary/aromatic N) is 2. The zero-order chi connectivity index (χ0) is 18.6. The fourth-order valence-corrected chi connectivity index (χ4v) is 2.92. The first-order chi connectivity index (χ1) is 12.8. The predicted octanol–water partition coefficient (Wildman–Crippen LogP) is 1.48. The molecule has 146 valence electrons. The van der Waals surface area contributed by atoms with Gasteiger partial charge in [0, 0.05) is 31.7 Å². The minimum atomic E-state index is 0.527. The highest BCUT2D eigenvalue weighted by Gasteiger charge is 2.10. The molecule has 26 heavy (non-hydrogen) atoms. The van der Waals surface area contributed by atoms with Crippen molar-refractivity contribution in [2.45, 2.75) is 19.9 Å². The van der Waals surface area contributed by atoms with E-state index in [4.69, 9.17) is 14.2 Å². The topological polar surface area (TPSA) is 67.4 Å². The van der Waals surface area contributed by atoms with Crippen molar-refractivity contribution in [3.05, 3.63) is 23.8 Å². The van der Waals surface area contributed by atoms with Gasteiger partial charge >= 0.3 is 0 Å². The summed E-state index contributed by atoms with van der Waals surface area (Å²) in [6, 6.07) is 5.85. The number of hydrogen-bond donors (Lipinski definition) is 2. The molecule has 0 amide bonds. The minimum absolute atomic E-state index is 0.527. The molecule has 0 bridgehead atoms. The number of methoxy groups -OCH3 is 2. The van der Waals surface area contributed by atoms with Crippen molar-refractivity contribution in [1.82, 2.24) is 15.5 Å². The molecule has 1 aliphatic rings. The van der Waals surface area contributed by atoms with Gasteiger partial charge in [-0.15, -0.1) is 0 Å². The molecule has 0 atom stereocenters. The van der Waals surface area contributed by atoms with E-state index in [1.807, 2.05) is 18.2 Å². The van der Waals surface area contributed by atoms with Crippen LogP contribution in [0.1, 0.15) is 18.9 Å². The fraction of sp³-hybridized carbons (Fsp3) is 0.632. The van der Waals surface area contributed by atoms with Crippen LogP contribution in [0.5, 0.6) is 11.5 Å². The largest absolute Gasteiger partial charge is 0.493 e. The van der Waals surface area contributed by atoms with Gasteiger partial charge in [-0.2, -0.15) is 0 Å². The van der Waals surface area contributed by atoms with Gasteiger partial charge in [-0.1, -0.05) is 12.1 Å². The van der Waals surface area contributed by atoms with Gasteiger partial charge in [0.1, 0.15) is 0 Å². The van der Waals surface area contributed by atoms with E-state index in [-0.39, 0.29) is 0 Å². The summed E-state index contributed by atoms with van der Waals surface area (Å²) in [5, 5.41) is 6.70. The Kier molecular flexibility index (Phi) is 9.06. The lowest BCUT2D eigenvalue weighted by molar-refractivity contribution is 0.0376. The number of hydrogen-bond acceptors (Lipinski definition) is 5. The van der Waals surface area contributed by atoms with Gasteiger partial charge in [0.25, 0.3) is 0 Å². The standard InChI is InChI=1S/C19H32N4O3/c1-4-20-19(21-9-6-10-23-11-13-26-14-12-23)22-15-16-7-5-8-17(24-2)18(16)25-3/h5,7-8H,4,6,9-15H2,1-3H3,(H2,20,21,22). The van der Waals surface area contributed by atoms with Gasteiger partial charge in [0.2, 0.25) is 0 Å². The molecule has 0 radical (unpaired) electrons. The lowest BCUT2D eigenvalue weighted by atomic mass is 10.2. The number of guanidine groups is 1. The van der Waals surface area contributed by atoms with E-state index >= 15 is 0 Å². The zero-order valence-electron chi connectivity index (χ0n) is 16.2. The molecule has 1 saturated heterocycles. The second-order valence-corrected chi connectivity index (χ2v) is 6.08. The van der Waals surface area contributed by atoms with Gasteiger partial charge < -0.3 is 24.8 Å². The molecule has 0 spiro atoms. The molecule has 0 aromatic heterocycles. The van der Waals surface area contributed by atoms with Gasteiger partial charge in [-0.05, 0) is 26.0 Å². The van der Waals surface area contributed by atoms with E-state index < -0.39 is 0 Å². The van der Waals surface area contributed by atoms with Crippen molar-refractivity contribution in [3.8, 4) is 11.5 Å². The number of nitrogens with one attached hydrogen (secondary N) is 2. The Morgan fingerprint density at radius 2 is 2.00 bits per heavy atom. The summed E-state index contributed by atoms with van der Waals surface area (Å²) in [7, 11) is 3.30. The summed E-state index contributed by atoms with van der Waals surface area (Å²) < 4.78 is 16.2. The molecule has 2 N–H and O–H groups in total. The highest BCUT2D eigenvalue weighted by atomic mass is 16.5. The Balaban J connectivity index is 1.85. The van der Waals surface area contributed by atoms with Gasteiger partial charge in [0.05, 0.1) is 34.0 Å². The SMILES string of the molecule is CCNC(=NCc1cccc(OC)c1OC)NCCCN1CCOCC1. The van der Waals surface area contributed by atoms with Crippen LogP contribution >= 0.6 is 0 Å². The lowest BCUT2D eigenvalue weighted by Crippen LogP contribution is -2.40. The molecule has 0 aliphatic carbocycles. The van der Waals surface area contributed by atoms with E-state index in [2.05, 4.69) is 27.4 Å². The van der Waals surface area contributed by atoms with Crippen molar-refractivity contribution in [2.24, 2.45) is 4.99 Å². The number of morpholine rings is 1. The maximum absolute atomic E-state index is 5.47. The van der Waals surface area contributed by atoms with Crippen LogP contribution in [-0.2, 0) is 11.3 Å². The van der Waals surface area contributed by atoms with Gasteiger partial charge in [-0.25, -0.2) is 4.99 Å². The molecular weight excluding hydrogens is 332 g/mol. The molecule has 1 heterocycles. The van der Waals surface area contributed by atoms with Crippen LogP contribution in [0.4, 0.5) is 0 Å². The summed E-state index contributed by atoms with van der Waals surface area (Å²) >= 11 is 0. The first-order valence-electron chi connectivity index (χ1n) is 9.30. The lowest BCUT2D eigenvalue weighted by Gasteiger charge is -2.26. The summed E-state index contributed by atoms with van der Waals surface area (Å²) in [5.41, 5.74) is 0.998. The first-order valence-corrected chi connectivity index (χ1v) is 9.30. The number of benzene rings is 1. The predicted molar refractivity (Wildman–Crippen MR) is 104 cm³/mol. The molecule has 2 rings (SSSR count). The zero-order valence-corrected chi connectivity index (χ0v) is 16.2. The highest BCUT2D eigenvalue weighted by molar-refractivity contribution is 5.79. The maximum atomic E-state index is 5.47. The Morgan fingerprint density at radius 1 is 1.19 bits per heavy atom. The Morgan fingerprint density at radius 3 is 2.69 bits per heavy atom. The van der Waals surface area contributed by atoms with Crippen LogP contribution in [0.2, 0.25) is 0 Å². The van der Waals surface area contributed by atoms with Crippen LogP contribution in [0, 0.1) is 0 Å². The van der Waals surface area contributed by atoms with Crippen molar-refractivity contribution in [1.29, 1.82) is 0 Å². The van der Waals surface area contributed by atoms with E-state index in [1.54, 1.807) is 14.2 Å². The normalized spacial score (nSPS) is 15.6. The van der Waals surface area contributed by atoms with Crippen LogP contribution in [0.3, 0.4) is 0 Å². The van der Waals surface area contributed by atoms with Crippen LogP contribution in [0.25, 0.3) is 0 Å². The average molecular weight is 364 g/mol. The molecular formula is C19H32N4O3. The third-order valence-corrected chi connectivity index (χ3v) is 4.28. The molecule has 0 unspecified atom stereocenters. The molecule has 1 fully saturated rings. The first kappa shape index (κ1) is 20.3. The second kappa shape index (κ2) is 11.6. The molecule has 0 saturated carbocycles. The molecule has 7 nitrogen and oxygen atoms in total. The van der Waals surface area contributed by atoms with E-state index in [0.717, 1.165) is 75.4 Å². The van der Waals surface area contributed by atoms with Gasteiger partial charge in [0.15, 0.2) is 17.5 Å². The molecule has 1 aromatic rings. The monoisotopic (exact) mass is 364 g/mol. The molecule has 1 aliphatic heterocycles. The summed E-state index contributed by atoms with van der Waals surface area (Å²) in [4.78, 5) is 7.12. The third-order valence-electron chi connectivity index (χ3n) is 4.28. The number of ether oxygens (including phenoxy) is 3. The smallest absolute Gasteiger partial charge is 0.191 e. The maximum Gasteiger partial charge on any atom is 0.191 e. The Bertz CT molecular complexity index is 560. The summed E-state index contributed by atoms with van der Waals surface area (Å²) in [5.74, 6) is 2.28. The number of aliphatic imine (C=N–C) groups is 1. The Labute approximate surface area is 156 Å². The third kappa shape index (κ3) is 6.38. The van der Waals surface area contributed by atoms with Crippen molar-refractivity contribution in [2.75, 3.05) is 60.2 Å². The summed E-state index contributed by atoms with van der Waals surface area (Å²) in [6.45, 7) is 9.14. The van der Waals surface area contributed by atoms with Crippen molar-refractivity contribution in [3.63, 3.8) is 0 Å². The van der Waals surface area contributed by atoms with Crippen LogP contribution < -0.4 is 20.1 Å². The summed E-state index contributed by atoms with van der Waals surface area (Å²) in [6.07, 6.45) is 1.08. The van der Waals surface area contributed by atoms with E-state index in [0.29, 0.717) is 6.54 Å². The van der Waals surface area contributed by atoms with E-state index in [1.165, 1.54) is 0 Å². The van der Waals surface area contributed by atoms with Gasteiger partial charge in [-0.3, -0.25) is 4.90 Å². The average Bonchev–Trinajstić information content (AvgIpc) is 2.69. The fourth-order valence-electron chi connectivity index (χ4n) is 2.92. The van der Waals surface area contributed by atoms with Crippen molar-refractivity contribution < 1.29 is 14.2 Å². The minimum Gasteiger partial charge on any atom is -0.493 e. The Hall–Kier alpha value is -1.99. The highest BCUT2D eigenvalue weighted by Crippen LogP contribution is 2.30. The van der Waals surface area contributed by atoms with E-state index in [9.17, 15) is 0 Å². The quantitative estimate of drug-likeness (QED) is 0.393. The molecule has 1 aromatic carbocycles. The molecule has 7 heteroatoms. The van der Waals surface area contributed by atoms with Crippen LogP contribution in [0.15, 0.2) is 23.2 Å². The van der Waals surface area contributed by atoms with Crippen molar-refractivity contribution >= 4 is 5.96 Å². The van der Waals surface area contributed by atoms with Crippen LogP contribution in [-0.4, -0.2) is 71.0 Å². The number of para-hydroxylation sites is 1. The number of rotatable bonds is 9.